The van der Waals surface area contributed by atoms with Crippen molar-refractivity contribution in [1.29, 1.82) is 0 Å². The Kier molecular flexibility index (Phi) is 3.80. The van der Waals surface area contributed by atoms with E-state index in [0.717, 1.165) is 34.5 Å². The van der Waals surface area contributed by atoms with Crippen LogP contribution >= 0.6 is 0 Å². The molecule has 0 unspecified atom stereocenters. The van der Waals surface area contributed by atoms with Gasteiger partial charge in [-0.2, -0.15) is 5.10 Å². The number of nitrogens with one attached hydrogen (secondary N) is 1. The zero-order chi connectivity index (χ0) is 18.3. The number of carbonyl (C=O) groups excluding carboxylic acids is 1. The van der Waals surface area contributed by atoms with Gasteiger partial charge in [0.15, 0.2) is 5.69 Å². The minimum atomic E-state index is -0.523. The monoisotopic (exact) mass is 350 g/mol. The number of primary amides is 1. The normalized spacial score (nSPS) is 12.3. The van der Waals surface area contributed by atoms with E-state index in [4.69, 9.17) is 5.73 Å². The predicted molar refractivity (Wildman–Crippen MR) is 95.6 cm³/mol. The number of nitrogens with zero attached hydrogens (tertiary/aromatic N) is 4. The number of aryl methyl sites for hydroxylation is 2. The van der Waals surface area contributed by atoms with Crippen molar-refractivity contribution >= 4 is 11.9 Å². The van der Waals surface area contributed by atoms with E-state index in [-0.39, 0.29) is 5.75 Å². The van der Waals surface area contributed by atoms with Crippen LogP contribution in [0.25, 0.3) is 11.4 Å². The Balaban J connectivity index is 1.65. The maximum Gasteiger partial charge on any atom is 0.269 e. The molecule has 8 heteroatoms. The summed E-state index contributed by atoms with van der Waals surface area (Å²) in [5.41, 5.74) is 10.2. The summed E-state index contributed by atoms with van der Waals surface area (Å²) in [5, 5.41) is 16.8. The number of fused-ring (bicyclic) bond motifs is 3. The summed E-state index contributed by atoms with van der Waals surface area (Å²) in [4.78, 5) is 20.6. The second kappa shape index (κ2) is 6.14. The molecule has 0 aliphatic heterocycles. The topological polar surface area (TPSA) is 119 Å². The molecular formula is C18H18N6O2. The second-order valence-corrected chi connectivity index (χ2v) is 6.25. The highest BCUT2D eigenvalue weighted by molar-refractivity contribution is 5.94. The first-order chi connectivity index (χ1) is 12.5. The first-order valence-corrected chi connectivity index (χ1v) is 8.26. The molecule has 0 atom stereocenters. The fourth-order valence-corrected chi connectivity index (χ4v) is 3.23. The zero-order valence-corrected chi connectivity index (χ0v) is 14.2. The zero-order valence-electron chi connectivity index (χ0n) is 14.2. The molecule has 3 aromatic rings. The van der Waals surface area contributed by atoms with Crippen LogP contribution in [0, 0.1) is 0 Å². The van der Waals surface area contributed by atoms with Crippen LogP contribution < -0.4 is 11.1 Å². The lowest BCUT2D eigenvalue weighted by Gasteiger charge is -2.17. The Morgan fingerprint density at radius 3 is 2.81 bits per heavy atom. The molecule has 4 rings (SSSR count). The van der Waals surface area contributed by atoms with Crippen molar-refractivity contribution in [2.24, 2.45) is 12.8 Å². The van der Waals surface area contributed by atoms with Gasteiger partial charge in [-0.15, -0.1) is 0 Å². The first kappa shape index (κ1) is 16.1. The molecule has 1 amide bonds. The Morgan fingerprint density at radius 1 is 1.31 bits per heavy atom. The number of carbonyl (C=O) groups is 1. The van der Waals surface area contributed by atoms with Gasteiger partial charge in [0.05, 0.1) is 11.4 Å². The van der Waals surface area contributed by atoms with Gasteiger partial charge < -0.3 is 16.2 Å². The van der Waals surface area contributed by atoms with Crippen LogP contribution in [0.5, 0.6) is 5.75 Å². The average Bonchev–Trinajstić information content (AvgIpc) is 2.98. The molecule has 4 N–H and O–H groups in total. The maximum absolute atomic E-state index is 11.6. The lowest BCUT2D eigenvalue weighted by atomic mass is 9.93. The van der Waals surface area contributed by atoms with Gasteiger partial charge >= 0.3 is 0 Å². The van der Waals surface area contributed by atoms with E-state index >= 15 is 0 Å². The van der Waals surface area contributed by atoms with Crippen molar-refractivity contribution in [3.63, 3.8) is 0 Å². The number of phenolic OH excluding ortho intramolecular Hbond substituents is 1. The predicted octanol–water partition coefficient (Wildman–Crippen LogP) is 1.39. The smallest absolute Gasteiger partial charge is 0.269 e. The van der Waals surface area contributed by atoms with E-state index in [9.17, 15) is 9.90 Å². The number of aromatic hydroxyl groups is 1. The summed E-state index contributed by atoms with van der Waals surface area (Å²) in [6, 6.07) is 6.94. The molecule has 26 heavy (non-hydrogen) atoms. The number of nitrogens with two attached hydrogens (primary N) is 1. The fraction of sp³-hybridized carbons (Fsp3) is 0.222. The summed E-state index contributed by atoms with van der Waals surface area (Å²) >= 11 is 0. The molecule has 0 spiro atoms. The van der Waals surface area contributed by atoms with Crippen LogP contribution in [-0.2, 0) is 26.4 Å². The Morgan fingerprint density at radius 2 is 2.08 bits per heavy atom. The van der Waals surface area contributed by atoms with Gasteiger partial charge in [-0.25, -0.2) is 9.97 Å². The third-order valence-electron chi connectivity index (χ3n) is 4.50. The van der Waals surface area contributed by atoms with Crippen molar-refractivity contribution in [3.05, 3.63) is 52.8 Å². The third kappa shape index (κ3) is 2.75. The number of hydrogen-bond acceptors (Lipinski definition) is 6. The van der Waals surface area contributed by atoms with E-state index in [1.807, 2.05) is 12.1 Å². The molecule has 2 aromatic heterocycles. The summed E-state index contributed by atoms with van der Waals surface area (Å²) < 4.78 is 1.66. The lowest BCUT2D eigenvalue weighted by Crippen LogP contribution is -2.16. The molecular weight excluding hydrogens is 332 g/mol. The minimum Gasteiger partial charge on any atom is -0.508 e. The number of amides is 1. The number of phenols is 1. The SMILES string of the molecule is Cn1nc(C(N)=O)c2c1-c1nc(NCc3ccc(O)cc3)ncc1CC2. The highest BCUT2D eigenvalue weighted by Gasteiger charge is 2.27. The number of anilines is 1. The molecule has 0 saturated heterocycles. The number of benzene rings is 1. The molecule has 132 valence electrons. The van der Waals surface area contributed by atoms with Crippen LogP contribution in [0.4, 0.5) is 5.95 Å². The van der Waals surface area contributed by atoms with Crippen LogP contribution in [0.1, 0.15) is 27.2 Å². The van der Waals surface area contributed by atoms with Gasteiger partial charge in [0, 0.05) is 25.4 Å². The number of hydrogen-bond donors (Lipinski definition) is 3. The first-order valence-electron chi connectivity index (χ1n) is 8.26. The van der Waals surface area contributed by atoms with E-state index in [0.29, 0.717) is 24.6 Å². The molecule has 0 radical (unpaired) electrons. The third-order valence-corrected chi connectivity index (χ3v) is 4.50. The van der Waals surface area contributed by atoms with Gasteiger partial charge in [-0.05, 0) is 36.1 Å². The Hall–Kier alpha value is -3.42. The van der Waals surface area contributed by atoms with Crippen LogP contribution in [-0.4, -0.2) is 30.8 Å². The average molecular weight is 350 g/mol. The highest BCUT2D eigenvalue weighted by atomic mass is 16.3. The van der Waals surface area contributed by atoms with Gasteiger partial charge in [0.25, 0.3) is 5.91 Å². The molecule has 0 fully saturated rings. The summed E-state index contributed by atoms with van der Waals surface area (Å²) in [6.07, 6.45) is 3.24. The van der Waals surface area contributed by atoms with Crippen molar-refractivity contribution in [2.45, 2.75) is 19.4 Å². The maximum atomic E-state index is 11.6. The minimum absolute atomic E-state index is 0.229. The molecule has 1 aromatic carbocycles. The highest BCUT2D eigenvalue weighted by Crippen LogP contribution is 2.33. The van der Waals surface area contributed by atoms with Crippen LogP contribution in [0.15, 0.2) is 30.5 Å². The summed E-state index contributed by atoms with van der Waals surface area (Å²) in [7, 11) is 1.78. The standard InChI is InChI=1S/C18H18N6O2/c1-24-16-13(15(23-24)17(19)26)7-4-11-9-21-18(22-14(11)16)20-8-10-2-5-12(25)6-3-10/h2-3,5-6,9,25H,4,7-8H2,1H3,(H2,19,26)(H,20,21,22). The molecule has 0 saturated carbocycles. The van der Waals surface area contributed by atoms with Gasteiger partial charge in [0.2, 0.25) is 5.95 Å². The van der Waals surface area contributed by atoms with E-state index < -0.39 is 5.91 Å². The molecule has 2 heterocycles. The molecule has 1 aliphatic carbocycles. The van der Waals surface area contributed by atoms with Gasteiger partial charge in [-0.1, -0.05) is 12.1 Å². The quantitative estimate of drug-likeness (QED) is 0.654. The second-order valence-electron chi connectivity index (χ2n) is 6.25. The van der Waals surface area contributed by atoms with E-state index in [1.165, 1.54) is 0 Å². The van der Waals surface area contributed by atoms with Crippen molar-refractivity contribution in [3.8, 4) is 17.1 Å². The Bertz CT molecular complexity index is 994. The Labute approximate surface area is 149 Å². The van der Waals surface area contributed by atoms with Crippen LogP contribution in [0.2, 0.25) is 0 Å². The number of aromatic nitrogens is 4. The van der Waals surface area contributed by atoms with E-state index in [2.05, 4.69) is 20.4 Å². The van der Waals surface area contributed by atoms with Crippen LogP contribution in [0.3, 0.4) is 0 Å². The van der Waals surface area contributed by atoms with E-state index in [1.54, 1.807) is 30.1 Å². The summed E-state index contributed by atoms with van der Waals surface area (Å²) in [5.74, 6) is 0.198. The van der Waals surface area contributed by atoms with Crippen molar-refractivity contribution in [2.75, 3.05) is 5.32 Å². The molecule has 0 bridgehead atoms. The van der Waals surface area contributed by atoms with Crippen molar-refractivity contribution < 1.29 is 9.90 Å². The largest absolute Gasteiger partial charge is 0.508 e. The van der Waals surface area contributed by atoms with Gasteiger partial charge in [0.1, 0.15) is 5.75 Å². The molecule has 8 nitrogen and oxygen atoms in total. The summed E-state index contributed by atoms with van der Waals surface area (Å²) in [6.45, 7) is 0.532. The van der Waals surface area contributed by atoms with Gasteiger partial charge in [-0.3, -0.25) is 9.48 Å². The van der Waals surface area contributed by atoms with Crippen molar-refractivity contribution in [1.82, 2.24) is 19.7 Å². The number of rotatable bonds is 4. The molecule has 1 aliphatic rings. The lowest BCUT2D eigenvalue weighted by molar-refractivity contribution is 0.0994. The fourth-order valence-electron chi connectivity index (χ4n) is 3.23.